The molecule has 0 aromatic carbocycles. The lowest BCUT2D eigenvalue weighted by Crippen LogP contribution is -2.05. The van der Waals surface area contributed by atoms with E-state index >= 15 is 0 Å². The van der Waals surface area contributed by atoms with Gasteiger partial charge in [0.1, 0.15) is 4.88 Å². The second-order valence-corrected chi connectivity index (χ2v) is 4.66. The molecule has 0 fully saturated rings. The molecule has 0 bridgehead atoms. The Morgan fingerprint density at radius 3 is 2.94 bits per heavy atom. The van der Waals surface area contributed by atoms with E-state index in [0.29, 0.717) is 5.56 Å². The zero-order chi connectivity index (χ0) is 13.3. The molecule has 0 amide bonds. The Hall–Kier alpha value is -1.93. The average Bonchev–Trinajstić information content (AvgIpc) is 2.85. The van der Waals surface area contributed by atoms with Crippen LogP contribution in [0.1, 0.15) is 15.2 Å². The molecule has 0 saturated carbocycles. The minimum atomic E-state index is -1.03. The number of thiophene rings is 1. The normalized spacial score (nSPS) is 10.5. The number of nitro groups is 1. The molecule has 0 aliphatic carbocycles. The Balaban J connectivity index is 2.29. The Morgan fingerprint density at radius 2 is 2.39 bits per heavy atom. The summed E-state index contributed by atoms with van der Waals surface area (Å²) in [6.45, 7) is 0.124. The number of hydrogen-bond acceptors (Lipinski definition) is 5. The standard InChI is InChI=1S/C9H6ClN3O4S/c10-6-4-12(11-8(6)13(16)17)3-5-1-2-18-7(5)9(14)15/h1-2,4H,3H2,(H,14,15). The van der Waals surface area contributed by atoms with Gasteiger partial charge in [0.2, 0.25) is 0 Å². The molecular formula is C9H6ClN3O4S. The topological polar surface area (TPSA) is 98.3 Å². The lowest BCUT2D eigenvalue weighted by molar-refractivity contribution is -0.389. The molecule has 0 spiro atoms. The second kappa shape index (κ2) is 4.75. The van der Waals surface area contributed by atoms with E-state index in [2.05, 4.69) is 5.10 Å². The van der Waals surface area contributed by atoms with Gasteiger partial charge in [0, 0.05) is 5.56 Å². The number of carboxylic acids is 1. The van der Waals surface area contributed by atoms with Crippen LogP contribution in [-0.2, 0) is 6.54 Å². The summed E-state index contributed by atoms with van der Waals surface area (Å²) in [5.74, 6) is -1.48. The molecule has 0 atom stereocenters. The zero-order valence-corrected chi connectivity index (χ0v) is 10.3. The van der Waals surface area contributed by atoms with Gasteiger partial charge in [-0.25, -0.2) is 4.79 Å². The molecule has 0 aliphatic rings. The molecule has 7 nitrogen and oxygen atoms in total. The van der Waals surface area contributed by atoms with E-state index in [1.807, 2.05) is 0 Å². The fraction of sp³-hybridized carbons (Fsp3) is 0.111. The van der Waals surface area contributed by atoms with E-state index in [0.717, 1.165) is 11.3 Å². The number of halogens is 1. The minimum absolute atomic E-state index is 0.0768. The summed E-state index contributed by atoms with van der Waals surface area (Å²) in [5, 5.41) is 24.7. The molecule has 9 heteroatoms. The van der Waals surface area contributed by atoms with Gasteiger partial charge in [-0.3, -0.25) is 0 Å². The maximum Gasteiger partial charge on any atom is 0.408 e. The molecular weight excluding hydrogens is 282 g/mol. The first-order valence-electron chi connectivity index (χ1n) is 4.66. The van der Waals surface area contributed by atoms with Crippen LogP contribution in [0, 0.1) is 10.1 Å². The minimum Gasteiger partial charge on any atom is -0.477 e. The third-order valence-electron chi connectivity index (χ3n) is 2.15. The van der Waals surface area contributed by atoms with E-state index in [9.17, 15) is 14.9 Å². The van der Waals surface area contributed by atoms with Crippen molar-refractivity contribution in [2.75, 3.05) is 0 Å². The summed E-state index contributed by atoms with van der Waals surface area (Å²) in [5.41, 5.74) is 0.529. The summed E-state index contributed by atoms with van der Waals surface area (Å²) in [6.07, 6.45) is 1.29. The van der Waals surface area contributed by atoms with E-state index in [1.54, 1.807) is 11.4 Å². The molecule has 0 radical (unpaired) electrons. The van der Waals surface area contributed by atoms with Gasteiger partial charge in [0.05, 0.1) is 17.8 Å². The van der Waals surface area contributed by atoms with Gasteiger partial charge in [-0.15, -0.1) is 11.3 Å². The van der Waals surface area contributed by atoms with E-state index in [1.165, 1.54) is 10.9 Å². The maximum absolute atomic E-state index is 10.9. The fourth-order valence-electron chi connectivity index (χ4n) is 1.41. The molecule has 0 saturated heterocycles. The molecule has 94 valence electrons. The van der Waals surface area contributed by atoms with Crippen molar-refractivity contribution in [3.63, 3.8) is 0 Å². The second-order valence-electron chi connectivity index (χ2n) is 3.34. The number of carboxylic acid groups (broad SMARTS) is 1. The van der Waals surface area contributed by atoms with Crippen LogP contribution < -0.4 is 0 Å². The molecule has 1 N–H and O–H groups in total. The first kappa shape index (κ1) is 12.5. The van der Waals surface area contributed by atoms with Crippen LogP contribution in [0.15, 0.2) is 17.6 Å². The van der Waals surface area contributed by atoms with Gasteiger partial charge >= 0.3 is 11.8 Å². The SMILES string of the molecule is O=C(O)c1sccc1Cn1cc(Cl)c([N+](=O)[O-])n1. The van der Waals surface area contributed by atoms with Crippen molar-refractivity contribution in [3.05, 3.63) is 43.2 Å². The zero-order valence-electron chi connectivity index (χ0n) is 8.74. The molecule has 2 rings (SSSR count). The first-order chi connectivity index (χ1) is 8.49. The summed E-state index contributed by atoms with van der Waals surface area (Å²) >= 11 is 6.73. The first-order valence-corrected chi connectivity index (χ1v) is 5.92. The van der Waals surface area contributed by atoms with Gasteiger partial charge in [-0.2, -0.15) is 4.68 Å². The van der Waals surface area contributed by atoms with Crippen molar-refractivity contribution in [1.29, 1.82) is 0 Å². The van der Waals surface area contributed by atoms with Crippen molar-refractivity contribution in [1.82, 2.24) is 9.78 Å². The quantitative estimate of drug-likeness (QED) is 0.687. The molecule has 2 aromatic rings. The van der Waals surface area contributed by atoms with Crippen molar-refractivity contribution >= 4 is 34.7 Å². The van der Waals surface area contributed by atoms with Crippen LogP contribution in [0.5, 0.6) is 0 Å². The molecule has 18 heavy (non-hydrogen) atoms. The summed E-state index contributed by atoms with van der Waals surface area (Å²) in [7, 11) is 0. The predicted octanol–water partition coefficient (Wildman–Crippen LogP) is 2.25. The lowest BCUT2D eigenvalue weighted by atomic mass is 10.2. The highest BCUT2D eigenvalue weighted by Crippen LogP contribution is 2.23. The number of aromatic carboxylic acids is 1. The van der Waals surface area contributed by atoms with Gasteiger partial charge in [0.25, 0.3) is 0 Å². The van der Waals surface area contributed by atoms with Crippen LogP contribution >= 0.6 is 22.9 Å². The van der Waals surface area contributed by atoms with Gasteiger partial charge in [-0.1, -0.05) is 11.6 Å². The van der Waals surface area contributed by atoms with E-state index in [4.69, 9.17) is 16.7 Å². The van der Waals surface area contributed by atoms with E-state index < -0.39 is 16.7 Å². The van der Waals surface area contributed by atoms with Gasteiger partial charge < -0.3 is 15.2 Å². The predicted molar refractivity (Wildman–Crippen MR) is 64.3 cm³/mol. The van der Waals surface area contributed by atoms with Gasteiger partial charge in [0.15, 0.2) is 5.02 Å². The number of hydrogen-bond donors (Lipinski definition) is 1. The Bertz CT molecular complexity index is 621. The smallest absolute Gasteiger partial charge is 0.408 e. The third kappa shape index (κ3) is 2.34. The Morgan fingerprint density at radius 1 is 1.67 bits per heavy atom. The molecule has 2 heterocycles. The van der Waals surface area contributed by atoms with Crippen molar-refractivity contribution in [2.24, 2.45) is 0 Å². The van der Waals surface area contributed by atoms with Crippen LogP contribution in [0.4, 0.5) is 5.82 Å². The molecule has 2 aromatic heterocycles. The molecule has 0 unspecified atom stereocenters. The fourth-order valence-corrected chi connectivity index (χ4v) is 2.39. The number of carbonyl (C=O) groups is 1. The number of aromatic nitrogens is 2. The third-order valence-corrected chi connectivity index (χ3v) is 3.36. The average molecular weight is 288 g/mol. The number of nitrogens with zero attached hydrogens (tertiary/aromatic N) is 3. The van der Waals surface area contributed by atoms with Crippen LogP contribution in [0.3, 0.4) is 0 Å². The monoisotopic (exact) mass is 287 g/mol. The largest absolute Gasteiger partial charge is 0.477 e. The highest BCUT2D eigenvalue weighted by molar-refractivity contribution is 7.12. The van der Waals surface area contributed by atoms with Crippen molar-refractivity contribution < 1.29 is 14.8 Å². The lowest BCUT2D eigenvalue weighted by Gasteiger charge is -1.96. The highest BCUT2D eigenvalue weighted by atomic mass is 35.5. The molecule has 0 aliphatic heterocycles. The van der Waals surface area contributed by atoms with Crippen LogP contribution in [0.25, 0.3) is 0 Å². The number of rotatable bonds is 4. The van der Waals surface area contributed by atoms with E-state index in [-0.39, 0.29) is 16.4 Å². The van der Waals surface area contributed by atoms with Crippen LogP contribution in [-0.4, -0.2) is 25.8 Å². The summed E-state index contributed by atoms with van der Waals surface area (Å²) in [6, 6.07) is 1.63. The van der Waals surface area contributed by atoms with Crippen molar-refractivity contribution in [3.8, 4) is 0 Å². The van der Waals surface area contributed by atoms with Crippen LogP contribution in [0.2, 0.25) is 5.02 Å². The highest BCUT2D eigenvalue weighted by Gasteiger charge is 2.20. The Labute approximate surface area is 109 Å². The maximum atomic E-state index is 10.9. The summed E-state index contributed by atoms with van der Waals surface area (Å²) in [4.78, 5) is 21.0. The van der Waals surface area contributed by atoms with Gasteiger partial charge in [-0.05, 0) is 16.4 Å². The van der Waals surface area contributed by atoms with Crippen molar-refractivity contribution in [2.45, 2.75) is 6.54 Å². The summed E-state index contributed by atoms with van der Waals surface area (Å²) < 4.78 is 1.25. The Kier molecular flexibility index (Phi) is 3.30.